The number of fused-ring (bicyclic) bond motifs is 1. The van der Waals surface area contributed by atoms with Gasteiger partial charge in [0.05, 0.1) is 16.6 Å². The maximum atomic E-state index is 15.9. The fourth-order valence-corrected chi connectivity index (χ4v) is 5.34. The quantitative estimate of drug-likeness (QED) is 0.475. The van der Waals surface area contributed by atoms with Crippen LogP contribution < -0.4 is 26.7 Å². The van der Waals surface area contributed by atoms with Crippen molar-refractivity contribution >= 4 is 28.2 Å². The number of nitrogens with one attached hydrogen (secondary N) is 2. The van der Waals surface area contributed by atoms with E-state index in [9.17, 15) is 14.7 Å². The molecule has 0 amide bonds. The van der Waals surface area contributed by atoms with Gasteiger partial charge in [-0.05, 0) is 64.1 Å². The third kappa shape index (κ3) is 4.13. The van der Waals surface area contributed by atoms with Gasteiger partial charge in [-0.25, -0.2) is 13.6 Å². The number of halogens is 2. The lowest BCUT2D eigenvalue weighted by Crippen LogP contribution is -2.44. The van der Waals surface area contributed by atoms with Gasteiger partial charge < -0.3 is 30.9 Å². The zero-order chi connectivity index (χ0) is 24.0. The third-order valence-corrected chi connectivity index (χ3v) is 7.50. The summed E-state index contributed by atoms with van der Waals surface area (Å²) in [4.78, 5) is 26.0. The second kappa shape index (κ2) is 9.14. The zero-order valence-electron chi connectivity index (χ0n) is 19.1. The van der Waals surface area contributed by atoms with Gasteiger partial charge in [0.2, 0.25) is 5.43 Å². The maximum absolute atomic E-state index is 15.9. The SMILES string of the molecule is Nc1c(F)c(N2CCC(CNC3CCNCC3)CC2)c(F)c2c1c(=O)c(C(=O)O)cn2C1CC1. The molecule has 2 aromatic rings. The number of pyridine rings is 1. The molecule has 0 radical (unpaired) electrons. The van der Waals surface area contributed by atoms with Crippen molar-refractivity contribution in [3.63, 3.8) is 0 Å². The van der Waals surface area contributed by atoms with E-state index in [2.05, 4.69) is 10.6 Å². The number of piperidine rings is 2. The Balaban J connectivity index is 1.43. The second-order valence-electron chi connectivity index (χ2n) is 9.79. The minimum absolute atomic E-state index is 0.0962. The summed E-state index contributed by atoms with van der Waals surface area (Å²) in [6.07, 6.45) is 6.45. The molecule has 1 aromatic carbocycles. The van der Waals surface area contributed by atoms with E-state index in [1.54, 1.807) is 4.90 Å². The number of carboxylic acids is 1. The van der Waals surface area contributed by atoms with Crippen molar-refractivity contribution in [3.8, 4) is 0 Å². The van der Waals surface area contributed by atoms with E-state index < -0.39 is 34.3 Å². The van der Waals surface area contributed by atoms with Gasteiger partial charge in [0, 0.05) is 31.4 Å². The molecule has 10 heteroatoms. The molecule has 3 heterocycles. The Labute approximate surface area is 196 Å². The summed E-state index contributed by atoms with van der Waals surface area (Å²) >= 11 is 0. The van der Waals surface area contributed by atoms with Crippen LogP contribution >= 0.6 is 0 Å². The lowest BCUT2D eigenvalue weighted by atomic mass is 9.95. The molecule has 1 saturated carbocycles. The standard InChI is InChI=1S/C24H31F2N5O3/c25-18-20(27)17-21(31(15-1-2-15)12-16(23(17)32)24(33)34)19(26)22(18)30-9-5-13(6-10-30)11-29-14-3-7-28-8-4-14/h12-15,28-29H,1-11,27H2,(H,33,34). The summed E-state index contributed by atoms with van der Waals surface area (Å²) in [5.74, 6) is -2.84. The van der Waals surface area contributed by atoms with Crippen LogP contribution in [0.25, 0.3) is 10.9 Å². The van der Waals surface area contributed by atoms with Gasteiger partial charge >= 0.3 is 5.97 Å². The number of aromatic carboxylic acids is 1. The van der Waals surface area contributed by atoms with Crippen molar-refractivity contribution < 1.29 is 18.7 Å². The molecule has 0 atom stereocenters. The summed E-state index contributed by atoms with van der Waals surface area (Å²) in [6, 6.07) is 0.393. The highest BCUT2D eigenvalue weighted by Crippen LogP contribution is 2.42. The Morgan fingerprint density at radius 3 is 2.41 bits per heavy atom. The number of nitrogen functional groups attached to an aromatic ring is 1. The molecule has 34 heavy (non-hydrogen) atoms. The van der Waals surface area contributed by atoms with Gasteiger partial charge in [-0.1, -0.05) is 0 Å². The number of nitrogens with zero attached hydrogens (tertiary/aromatic N) is 2. The number of carboxylic acid groups (broad SMARTS) is 1. The molecule has 3 fully saturated rings. The second-order valence-corrected chi connectivity index (χ2v) is 9.79. The molecule has 5 N–H and O–H groups in total. The predicted octanol–water partition coefficient (Wildman–Crippen LogP) is 2.45. The maximum Gasteiger partial charge on any atom is 0.341 e. The number of rotatable bonds is 6. The Hall–Kier alpha value is -2.72. The van der Waals surface area contributed by atoms with Crippen LogP contribution in [0.15, 0.2) is 11.0 Å². The number of anilines is 2. The molecule has 3 aliphatic rings. The number of hydrogen-bond acceptors (Lipinski definition) is 6. The molecule has 8 nitrogen and oxygen atoms in total. The van der Waals surface area contributed by atoms with E-state index >= 15 is 8.78 Å². The van der Waals surface area contributed by atoms with Crippen LogP contribution in [0.4, 0.5) is 20.2 Å². The monoisotopic (exact) mass is 475 g/mol. The molecule has 5 rings (SSSR count). The van der Waals surface area contributed by atoms with E-state index in [-0.39, 0.29) is 22.6 Å². The highest BCUT2D eigenvalue weighted by atomic mass is 19.1. The minimum Gasteiger partial charge on any atom is -0.477 e. The molecule has 0 spiro atoms. The van der Waals surface area contributed by atoms with Gasteiger partial charge in [0.1, 0.15) is 11.3 Å². The number of nitrogens with two attached hydrogens (primary N) is 1. The number of carbonyl (C=O) groups is 1. The molecular weight excluding hydrogens is 444 g/mol. The highest BCUT2D eigenvalue weighted by molar-refractivity contribution is 5.99. The fourth-order valence-electron chi connectivity index (χ4n) is 5.34. The summed E-state index contributed by atoms with van der Waals surface area (Å²) < 4.78 is 32.7. The van der Waals surface area contributed by atoms with Gasteiger partial charge in [-0.3, -0.25) is 4.79 Å². The molecule has 1 aromatic heterocycles. The normalized spacial score (nSPS) is 20.2. The predicted molar refractivity (Wildman–Crippen MR) is 127 cm³/mol. The van der Waals surface area contributed by atoms with E-state index in [0.29, 0.717) is 25.0 Å². The van der Waals surface area contributed by atoms with Crippen LogP contribution in [0.1, 0.15) is 54.9 Å². The Morgan fingerprint density at radius 2 is 1.79 bits per heavy atom. The molecule has 2 aliphatic heterocycles. The number of benzene rings is 1. The minimum atomic E-state index is -1.44. The van der Waals surface area contributed by atoms with Crippen LogP contribution in [0, 0.1) is 17.6 Å². The van der Waals surface area contributed by atoms with Gasteiger partial charge in [0.15, 0.2) is 11.6 Å². The largest absolute Gasteiger partial charge is 0.477 e. The lowest BCUT2D eigenvalue weighted by molar-refractivity contribution is 0.0695. The van der Waals surface area contributed by atoms with E-state index in [1.807, 2.05) is 0 Å². The van der Waals surface area contributed by atoms with Crippen LogP contribution in [0.5, 0.6) is 0 Å². The third-order valence-electron chi connectivity index (χ3n) is 7.50. The smallest absolute Gasteiger partial charge is 0.341 e. The van der Waals surface area contributed by atoms with Crippen molar-refractivity contribution in [3.05, 3.63) is 33.6 Å². The summed E-state index contributed by atoms with van der Waals surface area (Å²) in [5, 5.41) is 16.0. The first kappa shape index (κ1) is 23.0. The first-order chi connectivity index (χ1) is 16.4. The van der Waals surface area contributed by atoms with Gasteiger partial charge in [0.25, 0.3) is 0 Å². The van der Waals surface area contributed by atoms with Crippen LogP contribution in [-0.4, -0.2) is 54.4 Å². The first-order valence-electron chi connectivity index (χ1n) is 12.1. The van der Waals surface area contributed by atoms with Crippen molar-refractivity contribution in [1.29, 1.82) is 0 Å². The zero-order valence-corrected chi connectivity index (χ0v) is 19.1. The summed E-state index contributed by atoms with van der Waals surface area (Å²) in [5.41, 5.74) is 3.74. The molecule has 0 unspecified atom stereocenters. The van der Waals surface area contributed by atoms with E-state index in [4.69, 9.17) is 5.73 Å². The van der Waals surface area contributed by atoms with Crippen molar-refractivity contribution in [2.75, 3.05) is 43.4 Å². The Kier molecular flexibility index (Phi) is 6.20. The molecule has 2 saturated heterocycles. The molecular formula is C24H31F2N5O3. The highest BCUT2D eigenvalue weighted by Gasteiger charge is 2.33. The average Bonchev–Trinajstić information content (AvgIpc) is 3.68. The van der Waals surface area contributed by atoms with Crippen molar-refractivity contribution in [1.82, 2.24) is 15.2 Å². The molecule has 1 aliphatic carbocycles. The van der Waals surface area contributed by atoms with Crippen molar-refractivity contribution in [2.24, 2.45) is 5.92 Å². The lowest BCUT2D eigenvalue weighted by Gasteiger charge is -2.35. The Morgan fingerprint density at radius 1 is 1.12 bits per heavy atom. The van der Waals surface area contributed by atoms with E-state index in [0.717, 1.165) is 58.2 Å². The molecule has 184 valence electrons. The molecule has 0 bridgehead atoms. The van der Waals surface area contributed by atoms with Crippen LogP contribution in [-0.2, 0) is 0 Å². The fraction of sp³-hybridized carbons (Fsp3) is 0.583. The average molecular weight is 476 g/mol. The van der Waals surface area contributed by atoms with Crippen LogP contribution in [0.2, 0.25) is 0 Å². The van der Waals surface area contributed by atoms with Gasteiger partial charge in [-0.2, -0.15) is 0 Å². The number of hydrogen-bond donors (Lipinski definition) is 4. The first-order valence-corrected chi connectivity index (χ1v) is 12.1. The van der Waals surface area contributed by atoms with E-state index in [1.165, 1.54) is 10.8 Å². The van der Waals surface area contributed by atoms with Crippen LogP contribution in [0.3, 0.4) is 0 Å². The summed E-state index contributed by atoms with van der Waals surface area (Å²) in [7, 11) is 0. The van der Waals surface area contributed by atoms with Gasteiger partial charge in [-0.15, -0.1) is 0 Å². The Bertz CT molecular complexity index is 1170. The number of aromatic nitrogens is 1. The topological polar surface area (TPSA) is 113 Å². The summed E-state index contributed by atoms with van der Waals surface area (Å²) in [6.45, 7) is 3.91. The van der Waals surface area contributed by atoms with Crippen molar-refractivity contribution in [2.45, 2.75) is 50.6 Å².